The van der Waals surface area contributed by atoms with Crippen LogP contribution in [0.2, 0.25) is 0 Å². The first-order valence-corrected chi connectivity index (χ1v) is 16.7. The molecule has 1 aromatic carbocycles. The summed E-state index contributed by atoms with van der Waals surface area (Å²) in [6, 6.07) is 8.03. The van der Waals surface area contributed by atoms with Crippen molar-refractivity contribution in [3.8, 4) is 23.2 Å². The van der Waals surface area contributed by atoms with E-state index in [4.69, 9.17) is 14.7 Å². The van der Waals surface area contributed by atoms with Crippen molar-refractivity contribution in [3.05, 3.63) is 59.3 Å². The minimum atomic E-state index is -0.969. The number of nitrogens with zero attached hydrogens (tertiary/aromatic N) is 6. The zero-order valence-electron chi connectivity index (χ0n) is 26.0. The minimum Gasteiger partial charge on any atom is -0.475 e. The van der Waals surface area contributed by atoms with Crippen molar-refractivity contribution in [2.75, 3.05) is 37.7 Å². The van der Waals surface area contributed by atoms with Crippen molar-refractivity contribution in [2.45, 2.75) is 81.8 Å². The number of hydrogen-bond donors (Lipinski definition) is 0. The summed E-state index contributed by atoms with van der Waals surface area (Å²) >= 11 is 0. The highest BCUT2D eigenvalue weighted by Crippen LogP contribution is 2.46. The topological polar surface area (TPSA) is 85.6 Å². The van der Waals surface area contributed by atoms with Crippen molar-refractivity contribution in [1.82, 2.24) is 19.8 Å². The molecular weight excluding hydrogens is 586 g/mol. The zero-order valence-corrected chi connectivity index (χ0v) is 26.0. The number of fused-ring (bicyclic) bond motifs is 4. The summed E-state index contributed by atoms with van der Waals surface area (Å²) < 4.78 is 37.3. The molecule has 1 aliphatic carbocycles. The summed E-state index contributed by atoms with van der Waals surface area (Å²) in [5.41, 5.74) is 4.87. The Bertz CT molecular complexity index is 1790. The van der Waals surface area contributed by atoms with Gasteiger partial charge in [-0.25, -0.2) is 13.8 Å². The molecule has 2 atom stereocenters. The summed E-state index contributed by atoms with van der Waals surface area (Å²) in [7, 11) is 0. The van der Waals surface area contributed by atoms with Gasteiger partial charge in [0.25, 0.3) is 5.91 Å². The first-order chi connectivity index (χ1) is 22.4. The quantitative estimate of drug-likeness (QED) is 0.314. The van der Waals surface area contributed by atoms with E-state index < -0.39 is 17.6 Å². The van der Waals surface area contributed by atoms with E-state index in [0.29, 0.717) is 42.8 Å². The summed E-state index contributed by atoms with van der Waals surface area (Å²) in [6.45, 7) is 6.57. The van der Waals surface area contributed by atoms with E-state index in [-0.39, 0.29) is 41.1 Å². The van der Waals surface area contributed by atoms with Gasteiger partial charge in [0, 0.05) is 30.2 Å². The Balaban J connectivity index is 1.26. The number of carbonyl (C=O) groups is 1. The lowest BCUT2D eigenvalue weighted by Gasteiger charge is -2.49. The van der Waals surface area contributed by atoms with Gasteiger partial charge >= 0.3 is 0 Å². The highest BCUT2D eigenvalue weighted by Gasteiger charge is 2.51. The monoisotopic (exact) mass is 624 g/mol. The van der Waals surface area contributed by atoms with E-state index in [0.717, 1.165) is 75.6 Å². The molecule has 0 N–H and O–H groups in total. The first kappa shape index (κ1) is 29.3. The fourth-order valence-electron chi connectivity index (χ4n) is 9.02. The van der Waals surface area contributed by atoms with E-state index >= 15 is 4.39 Å². The first-order valence-electron chi connectivity index (χ1n) is 16.7. The Morgan fingerprint density at radius 2 is 1.93 bits per heavy atom. The summed E-state index contributed by atoms with van der Waals surface area (Å²) in [5, 5.41) is 10.5. The molecule has 5 aliphatic rings. The number of nitriles is 1. The number of aryl methyl sites for hydroxylation is 1. The molecule has 1 amide bonds. The second-order valence-electron chi connectivity index (χ2n) is 13.6. The number of amides is 1. The van der Waals surface area contributed by atoms with Crippen LogP contribution >= 0.6 is 0 Å². The molecule has 10 heteroatoms. The maximum absolute atomic E-state index is 16.9. The predicted octanol–water partition coefficient (Wildman–Crippen LogP) is 5.66. The number of benzene rings is 1. The fraction of sp³-hybridized carbons (Fsp3) is 0.500. The Labute approximate surface area is 267 Å². The van der Waals surface area contributed by atoms with E-state index in [9.17, 15) is 14.4 Å². The average molecular weight is 625 g/mol. The highest BCUT2D eigenvalue weighted by atomic mass is 19.1. The Hall–Kier alpha value is -4.10. The number of anilines is 1. The molecule has 4 fully saturated rings. The van der Waals surface area contributed by atoms with E-state index in [1.165, 1.54) is 10.5 Å². The Morgan fingerprint density at radius 1 is 1.13 bits per heavy atom. The van der Waals surface area contributed by atoms with Crippen LogP contribution in [-0.2, 0) is 24.1 Å². The third-order valence-corrected chi connectivity index (χ3v) is 11.3. The fourth-order valence-corrected chi connectivity index (χ4v) is 9.02. The van der Waals surface area contributed by atoms with Crippen molar-refractivity contribution < 1.29 is 18.3 Å². The van der Waals surface area contributed by atoms with Crippen LogP contribution in [0.4, 0.5) is 14.5 Å². The lowest BCUT2D eigenvalue weighted by molar-refractivity contribution is -0.130. The van der Waals surface area contributed by atoms with Crippen molar-refractivity contribution in [3.63, 3.8) is 0 Å². The smallest absolute Gasteiger partial charge is 0.282 e. The van der Waals surface area contributed by atoms with Gasteiger partial charge in [0.2, 0.25) is 5.88 Å². The average Bonchev–Trinajstić information content (AvgIpc) is 3.73. The van der Waals surface area contributed by atoms with Gasteiger partial charge in [-0.1, -0.05) is 24.8 Å². The standard InChI is InChI=1S/C36H38F2N6O2/c1-22(37)35(45)43-18-12-28-29(43)20-44(28)33-26(11-15-39)34(46-21-36-13-5-16-42(36)17-6-14-36)41-32-27(33)19-40-31(30(32)38)25-10-4-8-23-7-2-3-9-24(23)25/h4,8,10,19,28-29H,1-3,5-7,9,11-14,16-18,20-21H2/t28?,29-/m1/s1. The minimum absolute atomic E-state index is 0.0255. The summed E-state index contributed by atoms with van der Waals surface area (Å²) in [6.07, 6.45) is 10.7. The third kappa shape index (κ3) is 4.49. The van der Waals surface area contributed by atoms with Crippen LogP contribution in [0.5, 0.6) is 5.88 Å². The van der Waals surface area contributed by atoms with Crippen molar-refractivity contribution in [2.24, 2.45) is 0 Å². The van der Waals surface area contributed by atoms with E-state index in [2.05, 4.69) is 28.5 Å². The second kappa shape index (κ2) is 11.3. The van der Waals surface area contributed by atoms with Gasteiger partial charge in [0.15, 0.2) is 11.6 Å². The molecule has 8 rings (SSSR count). The van der Waals surface area contributed by atoms with Crippen LogP contribution in [0.1, 0.15) is 61.6 Å². The normalized spacial score (nSPS) is 23.1. The van der Waals surface area contributed by atoms with Crippen LogP contribution in [0, 0.1) is 17.1 Å². The molecule has 4 saturated heterocycles. The SMILES string of the molecule is C=C(F)C(=O)N1CCC2[C@H]1CN2c1c(CC#N)c(OCC23CCCN2CCC3)nc2c(F)c(-c3cccc4c3CCCC4)ncc12. The van der Waals surface area contributed by atoms with E-state index in [1.807, 2.05) is 12.1 Å². The number of halogens is 2. The van der Waals surface area contributed by atoms with Crippen LogP contribution in [0.15, 0.2) is 36.8 Å². The number of ether oxygens (including phenoxy) is 1. The molecule has 4 aliphatic heterocycles. The lowest BCUT2D eigenvalue weighted by Crippen LogP contribution is -2.63. The molecule has 0 radical (unpaired) electrons. The van der Waals surface area contributed by atoms with Gasteiger partial charge in [-0.15, -0.1) is 0 Å². The zero-order chi connectivity index (χ0) is 31.6. The Kier molecular flexibility index (Phi) is 7.20. The highest BCUT2D eigenvalue weighted by molar-refractivity contribution is 5.97. The third-order valence-electron chi connectivity index (χ3n) is 11.3. The Morgan fingerprint density at radius 3 is 2.72 bits per heavy atom. The number of pyridine rings is 2. The predicted molar refractivity (Wildman–Crippen MR) is 171 cm³/mol. The van der Waals surface area contributed by atoms with Crippen LogP contribution in [-0.4, -0.2) is 76.1 Å². The number of aromatic nitrogens is 2. The summed E-state index contributed by atoms with van der Waals surface area (Å²) in [4.78, 5) is 28.3. The van der Waals surface area contributed by atoms with Crippen LogP contribution < -0.4 is 9.64 Å². The largest absolute Gasteiger partial charge is 0.475 e. The summed E-state index contributed by atoms with van der Waals surface area (Å²) in [5.74, 6) is -1.87. The molecule has 238 valence electrons. The molecule has 46 heavy (non-hydrogen) atoms. The molecule has 0 saturated carbocycles. The van der Waals surface area contributed by atoms with Gasteiger partial charge in [0.1, 0.15) is 17.8 Å². The van der Waals surface area contributed by atoms with E-state index in [1.54, 1.807) is 6.20 Å². The number of rotatable bonds is 7. The number of likely N-dealkylation sites (tertiary alicyclic amines) is 1. The van der Waals surface area contributed by atoms with Gasteiger partial charge in [-0.05, 0) is 82.0 Å². The molecule has 0 spiro atoms. The maximum Gasteiger partial charge on any atom is 0.282 e. The molecule has 3 aromatic rings. The van der Waals surface area contributed by atoms with Gasteiger partial charge in [0.05, 0.1) is 41.4 Å². The van der Waals surface area contributed by atoms with Crippen molar-refractivity contribution >= 4 is 22.5 Å². The number of carbonyl (C=O) groups excluding carboxylic acids is 1. The van der Waals surface area contributed by atoms with Gasteiger partial charge in [-0.3, -0.25) is 14.7 Å². The molecular formula is C36H38F2N6O2. The van der Waals surface area contributed by atoms with Gasteiger partial charge in [-0.2, -0.15) is 5.26 Å². The van der Waals surface area contributed by atoms with Crippen LogP contribution in [0.3, 0.4) is 0 Å². The molecule has 0 bridgehead atoms. The molecule has 1 unspecified atom stereocenters. The molecule has 6 heterocycles. The lowest BCUT2D eigenvalue weighted by atomic mass is 9.87. The van der Waals surface area contributed by atoms with Crippen molar-refractivity contribution in [1.29, 1.82) is 5.26 Å². The number of hydrogen-bond acceptors (Lipinski definition) is 7. The second-order valence-corrected chi connectivity index (χ2v) is 13.6. The molecule has 8 nitrogen and oxygen atoms in total. The van der Waals surface area contributed by atoms with Crippen LogP contribution in [0.25, 0.3) is 22.2 Å². The maximum atomic E-state index is 16.9. The van der Waals surface area contributed by atoms with Gasteiger partial charge < -0.3 is 14.5 Å². The molecule has 2 aromatic heterocycles.